The highest BCUT2D eigenvalue weighted by Crippen LogP contribution is 2.32. The number of carbonyl (C=O) groups excluding carboxylic acids is 2. The number of rotatable bonds is 10. The summed E-state index contributed by atoms with van der Waals surface area (Å²) in [6.45, 7) is 0.608. The van der Waals surface area contributed by atoms with Crippen LogP contribution in [0.4, 0.5) is 4.39 Å². The molecule has 1 aliphatic rings. The van der Waals surface area contributed by atoms with Crippen LogP contribution in [0.15, 0.2) is 29.2 Å². The van der Waals surface area contributed by atoms with E-state index in [9.17, 15) is 18.8 Å². The summed E-state index contributed by atoms with van der Waals surface area (Å²) < 4.78 is 13.5. The summed E-state index contributed by atoms with van der Waals surface area (Å²) in [4.78, 5) is 36.5. The van der Waals surface area contributed by atoms with Gasteiger partial charge in [-0.05, 0) is 36.6 Å². The van der Waals surface area contributed by atoms with Crippen molar-refractivity contribution in [2.45, 2.75) is 32.1 Å². The van der Waals surface area contributed by atoms with E-state index in [-0.39, 0.29) is 30.6 Å². The van der Waals surface area contributed by atoms with Gasteiger partial charge in [-0.1, -0.05) is 42.5 Å². The lowest BCUT2D eigenvalue weighted by molar-refractivity contribution is -0.137. The van der Waals surface area contributed by atoms with Crippen LogP contribution in [-0.2, 0) is 14.4 Å². The van der Waals surface area contributed by atoms with Gasteiger partial charge >= 0.3 is 5.97 Å². The molecule has 0 atom stereocenters. The maximum absolute atomic E-state index is 13.0. The Bertz CT molecular complexity index is 781. The minimum Gasteiger partial charge on any atom is -0.481 e. The third kappa shape index (κ3) is 7.05. The standard InChI is InChI=1S/C19H21FN2O4S2/c20-14-7-5-13(6-8-14)12-15-18(26)22(19(27)28-15)11-3-1-2-4-16(23)21-10-9-17(24)25/h5-8,12H,1-4,9-11H2,(H,21,23)(H,24,25)/b15-12-. The fourth-order valence-corrected chi connectivity index (χ4v) is 3.84. The lowest BCUT2D eigenvalue weighted by Crippen LogP contribution is -2.29. The van der Waals surface area contributed by atoms with E-state index in [1.165, 1.54) is 23.9 Å². The van der Waals surface area contributed by atoms with Crippen molar-refractivity contribution in [3.63, 3.8) is 0 Å². The SMILES string of the molecule is O=C(O)CCNC(=O)CCCCCN1C(=O)/C(=C/c2ccc(F)cc2)SC1=S. The molecule has 1 aromatic rings. The second-order valence-electron chi connectivity index (χ2n) is 6.19. The molecule has 0 aliphatic carbocycles. The third-order valence-corrected chi connectivity index (χ3v) is 5.37. The molecular weight excluding hydrogens is 403 g/mol. The second-order valence-corrected chi connectivity index (χ2v) is 7.87. The molecule has 1 fully saturated rings. The number of thiocarbonyl (C=S) groups is 1. The Morgan fingerprint density at radius 3 is 2.57 bits per heavy atom. The Morgan fingerprint density at radius 2 is 1.89 bits per heavy atom. The van der Waals surface area contributed by atoms with Gasteiger partial charge in [0.1, 0.15) is 10.1 Å². The molecule has 0 aromatic heterocycles. The first kappa shape index (κ1) is 22.0. The molecule has 0 saturated carbocycles. The summed E-state index contributed by atoms with van der Waals surface area (Å²) in [6, 6.07) is 5.88. The van der Waals surface area contributed by atoms with Gasteiger partial charge in [0, 0.05) is 19.5 Å². The molecule has 2 rings (SSSR count). The van der Waals surface area contributed by atoms with E-state index >= 15 is 0 Å². The Morgan fingerprint density at radius 1 is 1.18 bits per heavy atom. The van der Waals surface area contributed by atoms with Crippen LogP contribution in [0.5, 0.6) is 0 Å². The number of carboxylic acids is 1. The van der Waals surface area contributed by atoms with Crippen LogP contribution in [0, 0.1) is 5.82 Å². The number of thioether (sulfide) groups is 1. The Hall–Kier alpha value is -2.26. The highest BCUT2D eigenvalue weighted by molar-refractivity contribution is 8.26. The molecule has 6 nitrogen and oxygen atoms in total. The van der Waals surface area contributed by atoms with Crippen molar-refractivity contribution < 1.29 is 23.9 Å². The number of benzene rings is 1. The Kier molecular flexibility index (Phi) is 8.59. The van der Waals surface area contributed by atoms with Gasteiger partial charge in [-0.3, -0.25) is 19.3 Å². The molecule has 1 aromatic carbocycles. The maximum Gasteiger partial charge on any atom is 0.305 e. The molecule has 0 radical (unpaired) electrons. The minimum absolute atomic E-state index is 0.0916. The summed E-state index contributed by atoms with van der Waals surface area (Å²) in [7, 11) is 0. The van der Waals surface area contributed by atoms with Crippen molar-refractivity contribution in [1.82, 2.24) is 10.2 Å². The Balaban J connectivity index is 1.72. The van der Waals surface area contributed by atoms with Gasteiger partial charge in [-0.25, -0.2) is 4.39 Å². The minimum atomic E-state index is -0.947. The van der Waals surface area contributed by atoms with Gasteiger partial charge in [0.15, 0.2) is 0 Å². The topological polar surface area (TPSA) is 86.7 Å². The highest BCUT2D eigenvalue weighted by atomic mass is 32.2. The van der Waals surface area contributed by atoms with E-state index < -0.39 is 5.97 Å². The van der Waals surface area contributed by atoms with Crippen LogP contribution in [0.2, 0.25) is 0 Å². The smallest absolute Gasteiger partial charge is 0.305 e. The van der Waals surface area contributed by atoms with Gasteiger partial charge in [0.25, 0.3) is 5.91 Å². The van der Waals surface area contributed by atoms with E-state index in [0.29, 0.717) is 35.0 Å². The fourth-order valence-electron chi connectivity index (χ4n) is 2.53. The molecule has 0 spiro atoms. The number of aliphatic carboxylic acids is 1. The van der Waals surface area contributed by atoms with Crippen molar-refractivity contribution in [3.8, 4) is 0 Å². The van der Waals surface area contributed by atoms with Gasteiger partial charge in [0.05, 0.1) is 11.3 Å². The number of hydrogen-bond acceptors (Lipinski definition) is 5. The molecule has 2 amide bonds. The van der Waals surface area contributed by atoms with Crippen LogP contribution in [-0.4, -0.2) is 45.2 Å². The second kappa shape index (κ2) is 10.9. The first-order valence-electron chi connectivity index (χ1n) is 8.86. The molecule has 0 unspecified atom stereocenters. The predicted molar refractivity (Wildman–Crippen MR) is 110 cm³/mol. The first-order chi connectivity index (χ1) is 13.4. The molecule has 9 heteroatoms. The van der Waals surface area contributed by atoms with Crippen molar-refractivity contribution >= 4 is 52.2 Å². The summed E-state index contributed by atoms with van der Waals surface area (Å²) >= 11 is 6.50. The van der Waals surface area contributed by atoms with Crippen molar-refractivity contribution in [1.29, 1.82) is 0 Å². The number of halogens is 1. The molecule has 1 saturated heterocycles. The van der Waals surface area contributed by atoms with Gasteiger partial charge < -0.3 is 10.4 Å². The number of carboxylic acid groups (broad SMARTS) is 1. The molecule has 28 heavy (non-hydrogen) atoms. The van der Waals surface area contributed by atoms with E-state index in [2.05, 4.69) is 5.32 Å². The first-order valence-corrected chi connectivity index (χ1v) is 10.1. The zero-order valence-electron chi connectivity index (χ0n) is 15.2. The number of nitrogens with one attached hydrogen (secondary N) is 1. The van der Waals surface area contributed by atoms with Crippen LogP contribution in [0.25, 0.3) is 6.08 Å². The summed E-state index contributed by atoms with van der Waals surface area (Å²) in [6.07, 6.45) is 4.03. The number of amides is 2. The molecule has 1 heterocycles. The third-order valence-electron chi connectivity index (χ3n) is 3.99. The van der Waals surface area contributed by atoms with E-state index in [0.717, 1.165) is 12.0 Å². The molecule has 1 aliphatic heterocycles. The van der Waals surface area contributed by atoms with Gasteiger partial charge in [-0.2, -0.15) is 0 Å². The monoisotopic (exact) mass is 424 g/mol. The molecular formula is C19H21FN2O4S2. The zero-order valence-corrected chi connectivity index (χ0v) is 16.8. The normalized spacial score (nSPS) is 15.3. The van der Waals surface area contributed by atoms with Crippen molar-refractivity contribution in [2.24, 2.45) is 0 Å². The average Bonchev–Trinajstić information content (AvgIpc) is 2.90. The van der Waals surface area contributed by atoms with E-state index in [1.54, 1.807) is 23.1 Å². The lowest BCUT2D eigenvalue weighted by Gasteiger charge is -2.14. The summed E-state index contributed by atoms with van der Waals surface area (Å²) in [5.41, 5.74) is 0.732. The van der Waals surface area contributed by atoms with Crippen LogP contribution in [0.3, 0.4) is 0 Å². The number of unbranched alkanes of at least 4 members (excludes halogenated alkanes) is 2. The van der Waals surface area contributed by atoms with Gasteiger partial charge in [-0.15, -0.1) is 0 Å². The number of hydrogen-bond donors (Lipinski definition) is 2. The quantitative estimate of drug-likeness (QED) is 0.341. The zero-order chi connectivity index (χ0) is 20.5. The number of carbonyl (C=O) groups is 3. The van der Waals surface area contributed by atoms with Crippen molar-refractivity contribution in [3.05, 3.63) is 40.6 Å². The van der Waals surface area contributed by atoms with E-state index in [1.807, 2.05) is 0 Å². The van der Waals surface area contributed by atoms with Crippen molar-refractivity contribution in [2.75, 3.05) is 13.1 Å². The average molecular weight is 425 g/mol. The van der Waals surface area contributed by atoms with E-state index in [4.69, 9.17) is 17.3 Å². The van der Waals surface area contributed by atoms with Crippen LogP contribution >= 0.6 is 24.0 Å². The molecule has 150 valence electrons. The van der Waals surface area contributed by atoms with Crippen LogP contribution in [0.1, 0.15) is 37.7 Å². The number of nitrogens with zero attached hydrogens (tertiary/aromatic N) is 1. The summed E-state index contributed by atoms with van der Waals surface area (Å²) in [5.74, 6) is -1.61. The molecule has 2 N–H and O–H groups in total. The predicted octanol–water partition coefficient (Wildman–Crippen LogP) is 3.18. The lowest BCUT2D eigenvalue weighted by atomic mass is 10.1. The highest BCUT2D eigenvalue weighted by Gasteiger charge is 2.31. The summed E-state index contributed by atoms with van der Waals surface area (Å²) in [5, 5.41) is 11.1. The molecule has 0 bridgehead atoms. The maximum atomic E-state index is 13.0. The Labute approximate surface area is 172 Å². The van der Waals surface area contributed by atoms with Gasteiger partial charge in [0.2, 0.25) is 5.91 Å². The largest absolute Gasteiger partial charge is 0.481 e. The van der Waals surface area contributed by atoms with Crippen LogP contribution < -0.4 is 5.32 Å². The fraction of sp³-hybridized carbons (Fsp3) is 0.368.